The lowest BCUT2D eigenvalue weighted by atomic mass is 9.96. The van der Waals surface area contributed by atoms with Crippen molar-refractivity contribution in [3.8, 4) is 22.4 Å². The molecule has 158 valence electrons. The summed E-state index contributed by atoms with van der Waals surface area (Å²) in [6.45, 7) is 2.95. The Labute approximate surface area is 189 Å². The summed E-state index contributed by atoms with van der Waals surface area (Å²) in [7, 11) is 0. The van der Waals surface area contributed by atoms with Crippen LogP contribution in [0.5, 0.6) is 0 Å². The predicted octanol–water partition coefficient (Wildman–Crippen LogP) is 7.30. The summed E-state index contributed by atoms with van der Waals surface area (Å²) in [6, 6.07) is 14.9. The van der Waals surface area contributed by atoms with Crippen molar-refractivity contribution in [2.45, 2.75) is 45.6 Å². The van der Waals surface area contributed by atoms with Crippen LogP contribution in [0.1, 0.15) is 48.7 Å². The minimum atomic E-state index is -0.262. The van der Waals surface area contributed by atoms with Gasteiger partial charge < -0.3 is 4.57 Å². The Kier molecular flexibility index (Phi) is 5.30. The number of rotatable bonds is 5. The third-order valence-electron chi connectivity index (χ3n) is 6.15. The van der Waals surface area contributed by atoms with Gasteiger partial charge in [-0.3, -0.25) is 9.20 Å². The van der Waals surface area contributed by atoms with Crippen LogP contribution in [0, 0.1) is 5.82 Å². The summed E-state index contributed by atoms with van der Waals surface area (Å²) in [5.74, 6) is -0.120. The van der Waals surface area contributed by atoms with Crippen molar-refractivity contribution in [1.29, 1.82) is 0 Å². The van der Waals surface area contributed by atoms with Crippen molar-refractivity contribution < 1.29 is 9.18 Å². The molecule has 0 atom stereocenters. The maximum atomic E-state index is 13.6. The Morgan fingerprint density at radius 1 is 1.03 bits per heavy atom. The van der Waals surface area contributed by atoms with E-state index in [1.54, 1.807) is 12.1 Å². The van der Waals surface area contributed by atoms with Crippen LogP contribution >= 0.6 is 15.9 Å². The minimum Gasteiger partial charge on any atom is -0.325 e. The largest absolute Gasteiger partial charge is 0.325 e. The molecule has 31 heavy (non-hydrogen) atoms. The van der Waals surface area contributed by atoms with Crippen molar-refractivity contribution >= 4 is 27.4 Å². The Morgan fingerprint density at radius 2 is 1.74 bits per heavy atom. The number of imidazole rings is 1. The Hall–Kier alpha value is -2.66. The minimum absolute atomic E-state index is 0.142. The number of hydrogen-bond donors (Lipinski definition) is 0. The molecule has 1 aliphatic heterocycles. The van der Waals surface area contributed by atoms with E-state index < -0.39 is 0 Å². The first kappa shape index (κ1) is 20.3. The molecule has 0 amide bonds. The van der Waals surface area contributed by atoms with Gasteiger partial charge in [0.2, 0.25) is 0 Å². The summed E-state index contributed by atoms with van der Waals surface area (Å²) in [5.41, 5.74) is 7.20. The van der Waals surface area contributed by atoms with E-state index in [9.17, 15) is 9.18 Å². The second-order valence-corrected chi connectivity index (χ2v) is 9.12. The fraction of sp³-hybridized carbons (Fsp3) is 0.269. The monoisotopic (exact) mass is 478 g/mol. The van der Waals surface area contributed by atoms with E-state index >= 15 is 0 Å². The first-order valence-electron chi connectivity index (χ1n) is 10.9. The number of nitrogens with zero attached hydrogens (tertiary/aromatic N) is 2. The molecular formula is C26H24BrFN2O. The molecule has 0 aliphatic carbocycles. The van der Waals surface area contributed by atoms with Gasteiger partial charge >= 0.3 is 0 Å². The summed E-state index contributed by atoms with van der Waals surface area (Å²) < 4.78 is 19.2. The molecule has 0 saturated heterocycles. The van der Waals surface area contributed by atoms with Gasteiger partial charge in [0.15, 0.2) is 5.78 Å². The van der Waals surface area contributed by atoms with Crippen molar-refractivity contribution in [1.82, 2.24) is 8.97 Å². The Bertz CT molecular complexity index is 1270. The van der Waals surface area contributed by atoms with Gasteiger partial charge in [0.25, 0.3) is 0 Å². The topological polar surface area (TPSA) is 26.4 Å². The number of carbonyl (C=O) groups is 1. The van der Waals surface area contributed by atoms with Crippen LogP contribution in [0.4, 0.5) is 4.39 Å². The summed E-state index contributed by atoms with van der Waals surface area (Å²) in [6.07, 6.45) is 6.48. The Balaban J connectivity index is 1.83. The number of ketones is 1. The molecule has 2 aromatic carbocycles. The molecule has 4 aromatic rings. The zero-order valence-corrected chi connectivity index (χ0v) is 19.1. The molecule has 2 aromatic heterocycles. The standard InChI is InChI=1S/C26H24BrFN2O/c1-2-5-23(31)25-24(18-9-13-20(28)14-10-18)21-6-3-4-15-29-22(16-30(25)26(21)29)17-7-11-19(27)12-8-17/h7-14,16H,2-6,15H2,1H3. The van der Waals surface area contributed by atoms with E-state index in [1.807, 2.05) is 6.92 Å². The van der Waals surface area contributed by atoms with Gasteiger partial charge in [-0.1, -0.05) is 47.1 Å². The van der Waals surface area contributed by atoms with Gasteiger partial charge in [0.05, 0.1) is 11.4 Å². The highest BCUT2D eigenvalue weighted by Crippen LogP contribution is 2.40. The van der Waals surface area contributed by atoms with E-state index in [1.165, 1.54) is 17.7 Å². The quantitative estimate of drug-likeness (QED) is 0.276. The van der Waals surface area contributed by atoms with E-state index in [0.29, 0.717) is 6.42 Å². The molecule has 1 aliphatic rings. The number of hydrogen-bond acceptors (Lipinski definition) is 1. The number of aryl methyl sites for hydroxylation is 2. The van der Waals surface area contributed by atoms with Gasteiger partial charge in [-0.05, 0) is 61.1 Å². The number of halogens is 2. The highest BCUT2D eigenvalue weighted by molar-refractivity contribution is 9.10. The molecule has 0 bridgehead atoms. The lowest BCUT2D eigenvalue weighted by molar-refractivity contribution is 0.0977. The predicted molar refractivity (Wildman–Crippen MR) is 126 cm³/mol. The van der Waals surface area contributed by atoms with Crippen LogP contribution in [0.15, 0.2) is 59.2 Å². The lowest BCUT2D eigenvalue weighted by Gasteiger charge is -2.09. The van der Waals surface area contributed by atoms with Crippen LogP contribution in [-0.2, 0) is 13.0 Å². The zero-order valence-electron chi connectivity index (χ0n) is 17.5. The molecule has 0 N–H and O–H groups in total. The van der Waals surface area contributed by atoms with Crippen molar-refractivity contribution in [3.05, 3.63) is 76.3 Å². The Morgan fingerprint density at radius 3 is 2.45 bits per heavy atom. The molecule has 5 rings (SSSR count). The van der Waals surface area contributed by atoms with Gasteiger partial charge in [0.1, 0.15) is 11.5 Å². The van der Waals surface area contributed by atoms with Gasteiger partial charge in [-0.2, -0.15) is 0 Å². The van der Waals surface area contributed by atoms with Crippen LogP contribution in [0.2, 0.25) is 0 Å². The molecule has 5 heteroatoms. The molecule has 0 spiro atoms. The summed E-state index contributed by atoms with van der Waals surface area (Å²) >= 11 is 3.52. The SMILES string of the molecule is CCCC(=O)c1c(-c2ccc(F)cc2)c2c3n(c(-c4ccc(Br)cc4)cn13)CCCC2. The second kappa shape index (κ2) is 8.12. The lowest BCUT2D eigenvalue weighted by Crippen LogP contribution is -2.04. The van der Waals surface area contributed by atoms with Gasteiger partial charge in [-0.25, -0.2) is 4.39 Å². The molecule has 0 saturated carbocycles. The van der Waals surface area contributed by atoms with E-state index in [0.717, 1.165) is 70.4 Å². The van der Waals surface area contributed by atoms with E-state index in [-0.39, 0.29) is 11.6 Å². The third-order valence-corrected chi connectivity index (χ3v) is 6.68. The van der Waals surface area contributed by atoms with Crippen LogP contribution in [0.25, 0.3) is 28.0 Å². The van der Waals surface area contributed by atoms with Crippen molar-refractivity contribution in [2.75, 3.05) is 0 Å². The first-order valence-corrected chi connectivity index (χ1v) is 11.7. The fourth-order valence-corrected chi connectivity index (χ4v) is 5.05. The molecule has 3 heterocycles. The highest BCUT2D eigenvalue weighted by atomic mass is 79.9. The normalized spacial score (nSPS) is 13.5. The fourth-order valence-electron chi connectivity index (χ4n) is 4.78. The third kappa shape index (κ3) is 3.45. The molecule has 0 unspecified atom stereocenters. The maximum Gasteiger partial charge on any atom is 0.180 e. The second-order valence-electron chi connectivity index (χ2n) is 8.21. The van der Waals surface area contributed by atoms with Crippen LogP contribution in [0.3, 0.4) is 0 Å². The molecular weight excluding hydrogens is 455 g/mol. The average Bonchev–Trinajstić information content (AvgIpc) is 3.18. The highest BCUT2D eigenvalue weighted by Gasteiger charge is 2.29. The number of carbonyl (C=O) groups excluding carboxylic acids is 1. The average molecular weight is 479 g/mol. The van der Waals surface area contributed by atoms with Crippen molar-refractivity contribution in [3.63, 3.8) is 0 Å². The smallest absolute Gasteiger partial charge is 0.180 e. The molecule has 0 radical (unpaired) electrons. The van der Waals surface area contributed by atoms with E-state index in [4.69, 9.17) is 0 Å². The maximum absolute atomic E-state index is 13.6. The first-order chi connectivity index (χ1) is 15.1. The van der Waals surface area contributed by atoms with Crippen LogP contribution < -0.4 is 0 Å². The molecule has 3 nitrogen and oxygen atoms in total. The summed E-state index contributed by atoms with van der Waals surface area (Å²) in [4.78, 5) is 13.3. The summed E-state index contributed by atoms with van der Waals surface area (Å²) in [5, 5.41) is 0. The van der Waals surface area contributed by atoms with Crippen LogP contribution in [-0.4, -0.2) is 14.8 Å². The number of aromatic nitrogens is 2. The zero-order chi connectivity index (χ0) is 21.5. The van der Waals surface area contributed by atoms with Gasteiger partial charge in [0, 0.05) is 34.8 Å². The number of Topliss-reactive ketones (excluding diaryl/α,β-unsaturated/α-hetero) is 1. The van der Waals surface area contributed by atoms with Gasteiger partial charge in [-0.15, -0.1) is 0 Å². The molecule has 0 fully saturated rings. The van der Waals surface area contributed by atoms with Crippen molar-refractivity contribution in [2.24, 2.45) is 0 Å². The van der Waals surface area contributed by atoms with E-state index in [2.05, 4.69) is 55.4 Å². The number of benzene rings is 2.